The van der Waals surface area contributed by atoms with Gasteiger partial charge in [0.25, 0.3) is 5.69 Å². The van der Waals surface area contributed by atoms with Crippen molar-refractivity contribution in [3.63, 3.8) is 0 Å². The van der Waals surface area contributed by atoms with Crippen LogP contribution < -0.4 is 5.32 Å². The quantitative estimate of drug-likeness (QED) is 0.342. The Bertz CT molecular complexity index is 858. The summed E-state index contributed by atoms with van der Waals surface area (Å²) < 4.78 is 0. The summed E-state index contributed by atoms with van der Waals surface area (Å²) in [5.74, 6) is 0. The standard InChI is InChI=1S/C24H30ClN3O2/c25-20-10-11-23(28(29)30)22(18-20)26-21-12-16-27(17-13-21)24(14-6-1-2-7-15-24)19-8-4-3-5-9-19/h3-5,8-11,18,21,26H,1-2,6-7,12-17H2. The third-order valence-electron chi connectivity index (χ3n) is 6.86. The van der Waals surface area contributed by atoms with Crippen molar-refractivity contribution < 1.29 is 4.92 Å². The molecule has 5 nitrogen and oxygen atoms in total. The summed E-state index contributed by atoms with van der Waals surface area (Å²) >= 11 is 6.09. The van der Waals surface area contributed by atoms with Crippen LogP contribution in [0.4, 0.5) is 11.4 Å². The Morgan fingerprint density at radius 3 is 2.30 bits per heavy atom. The van der Waals surface area contributed by atoms with E-state index in [1.165, 1.54) is 50.2 Å². The van der Waals surface area contributed by atoms with E-state index in [0.717, 1.165) is 25.9 Å². The minimum Gasteiger partial charge on any atom is -0.377 e. The Morgan fingerprint density at radius 2 is 1.67 bits per heavy atom. The number of nitrogens with one attached hydrogen (secondary N) is 1. The Hall–Kier alpha value is -2.11. The second-order valence-corrected chi connectivity index (χ2v) is 9.07. The number of hydrogen-bond donors (Lipinski definition) is 1. The van der Waals surface area contributed by atoms with Gasteiger partial charge >= 0.3 is 0 Å². The minimum atomic E-state index is -0.344. The normalized spacial score (nSPS) is 20.4. The summed E-state index contributed by atoms with van der Waals surface area (Å²) in [6.45, 7) is 2.00. The summed E-state index contributed by atoms with van der Waals surface area (Å²) in [7, 11) is 0. The molecule has 2 aromatic rings. The maximum Gasteiger partial charge on any atom is 0.292 e. The van der Waals surface area contributed by atoms with Crippen LogP contribution in [0.1, 0.15) is 56.9 Å². The van der Waals surface area contributed by atoms with Gasteiger partial charge in [0, 0.05) is 35.8 Å². The molecule has 0 aromatic heterocycles. The van der Waals surface area contributed by atoms with Crippen molar-refractivity contribution in [2.75, 3.05) is 18.4 Å². The number of rotatable bonds is 5. The smallest absolute Gasteiger partial charge is 0.292 e. The van der Waals surface area contributed by atoms with Gasteiger partial charge in [-0.25, -0.2) is 0 Å². The third kappa shape index (κ3) is 4.47. The van der Waals surface area contributed by atoms with Crippen molar-refractivity contribution in [2.45, 2.75) is 62.9 Å². The van der Waals surface area contributed by atoms with Crippen molar-refractivity contribution in [1.29, 1.82) is 0 Å². The second-order valence-electron chi connectivity index (χ2n) is 8.64. The fourth-order valence-corrected chi connectivity index (χ4v) is 5.48. The van der Waals surface area contributed by atoms with Gasteiger partial charge in [-0.1, -0.05) is 67.6 Å². The number of anilines is 1. The predicted octanol–water partition coefficient (Wildman–Crippen LogP) is 6.37. The van der Waals surface area contributed by atoms with E-state index in [1.807, 2.05) is 0 Å². The van der Waals surface area contributed by atoms with Crippen LogP contribution in [-0.2, 0) is 5.54 Å². The van der Waals surface area contributed by atoms with Crippen LogP contribution in [0.25, 0.3) is 0 Å². The average Bonchev–Trinajstić information content (AvgIpc) is 3.02. The van der Waals surface area contributed by atoms with E-state index in [1.54, 1.807) is 12.1 Å². The molecule has 1 saturated carbocycles. The Kier molecular flexibility index (Phi) is 6.59. The van der Waals surface area contributed by atoms with E-state index in [-0.39, 0.29) is 22.2 Å². The average molecular weight is 428 g/mol. The molecule has 2 aromatic carbocycles. The summed E-state index contributed by atoms with van der Waals surface area (Å²) in [5, 5.41) is 15.3. The first-order valence-corrected chi connectivity index (χ1v) is 11.5. The zero-order valence-corrected chi connectivity index (χ0v) is 18.1. The van der Waals surface area contributed by atoms with E-state index >= 15 is 0 Å². The number of nitro benzene ring substituents is 1. The van der Waals surface area contributed by atoms with Gasteiger partial charge in [0.05, 0.1) is 4.92 Å². The van der Waals surface area contributed by atoms with E-state index in [9.17, 15) is 10.1 Å². The second kappa shape index (κ2) is 9.36. The first-order valence-electron chi connectivity index (χ1n) is 11.1. The number of piperidine rings is 1. The highest BCUT2D eigenvalue weighted by molar-refractivity contribution is 6.31. The maximum atomic E-state index is 11.4. The van der Waals surface area contributed by atoms with E-state index in [2.05, 4.69) is 40.5 Å². The highest BCUT2D eigenvalue weighted by atomic mass is 35.5. The molecule has 4 rings (SSSR count). The van der Waals surface area contributed by atoms with Gasteiger partial charge in [-0.2, -0.15) is 0 Å². The lowest BCUT2D eigenvalue weighted by Crippen LogP contribution is -2.51. The Labute approximate surface area is 183 Å². The zero-order valence-electron chi connectivity index (χ0n) is 17.4. The van der Waals surface area contributed by atoms with Crippen molar-refractivity contribution in [3.8, 4) is 0 Å². The number of halogens is 1. The van der Waals surface area contributed by atoms with Crippen LogP contribution in [0.2, 0.25) is 5.02 Å². The minimum absolute atomic E-state index is 0.0892. The van der Waals surface area contributed by atoms with Crippen molar-refractivity contribution in [3.05, 3.63) is 69.2 Å². The van der Waals surface area contributed by atoms with E-state index in [4.69, 9.17) is 11.6 Å². The lowest BCUT2D eigenvalue weighted by Gasteiger charge is -2.48. The molecule has 2 fully saturated rings. The third-order valence-corrected chi connectivity index (χ3v) is 7.09. The first kappa shape index (κ1) is 21.1. The SMILES string of the molecule is O=[N+]([O-])c1ccc(Cl)cc1NC1CCN(C2(c3ccccc3)CCCCCC2)CC1. The molecule has 1 N–H and O–H groups in total. The number of benzene rings is 2. The molecule has 0 spiro atoms. The summed E-state index contributed by atoms with van der Waals surface area (Å²) in [6, 6.07) is 16.0. The Balaban J connectivity index is 1.49. The predicted molar refractivity (Wildman–Crippen MR) is 122 cm³/mol. The number of nitrogens with zero attached hydrogens (tertiary/aromatic N) is 2. The maximum absolute atomic E-state index is 11.4. The van der Waals surface area contributed by atoms with Gasteiger partial charge in [-0.15, -0.1) is 0 Å². The van der Waals surface area contributed by atoms with Crippen LogP contribution in [0, 0.1) is 10.1 Å². The zero-order chi connectivity index (χ0) is 21.0. The van der Waals surface area contributed by atoms with E-state index < -0.39 is 0 Å². The summed E-state index contributed by atoms with van der Waals surface area (Å²) in [5.41, 5.74) is 2.19. The molecule has 30 heavy (non-hydrogen) atoms. The summed E-state index contributed by atoms with van der Waals surface area (Å²) in [4.78, 5) is 13.7. The summed E-state index contributed by atoms with van der Waals surface area (Å²) in [6.07, 6.45) is 9.58. The fourth-order valence-electron chi connectivity index (χ4n) is 5.30. The van der Waals surface area contributed by atoms with Gasteiger partial charge < -0.3 is 5.32 Å². The van der Waals surface area contributed by atoms with Gasteiger partial charge in [0.15, 0.2) is 0 Å². The number of hydrogen-bond acceptors (Lipinski definition) is 4. The largest absolute Gasteiger partial charge is 0.377 e. The van der Waals surface area contributed by atoms with E-state index in [0.29, 0.717) is 10.7 Å². The van der Waals surface area contributed by atoms with Crippen LogP contribution in [0.5, 0.6) is 0 Å². The van der Waals surface area contributed by atoms with Crippen LogP contribution in [0.15, 0.2) is 48.5 Å². The number of nitro groups is 1. The molecule has 0 amide bonds. The highest BCUT2D eigenvalue weighted by Gasteiger charge is 2.40. The molecular weight excluding hydrogens is 398 g/mol. The molecule has 160 valence electrons. The molecule has 1 saturated heterocycles. The number of likely N-dealkylation sites (tertiary alicyclic amines) is 1. The lowest BCUT2D eigenvalue weighted by molar-refractivity contribution is -0.384. The van der Waals surface area contributed by atoms with Gasteiger partial charge in [-0.3, -0.25) is 15.0 Å². The van der Waals surface area contributed by atoms with Gasteiger partial charge in [-0.05, 0) is 43.4 Å². The van der Waals surface area contributed by atoms with Gasteiger partial charge in [0.2, 0.25) is 0 Å². The van der Waals surface area contributed by atoms with Crippen molar-refractivity contribution in [2.24, 2.45) is 0 Å². The van der Waals surface area contributed by atoms with Crippen LogP contribution in [-0.4, -0.2) is 29.0 Å². The fraction of sp³-hybridized carbons (Fsp3) is 0.500. The molecule has 6 heteroatoms. The molecule has 2 aliphatic rings. The molecule has 0 atom stereocenters. The topological polar surface area (TPSA) is 58.4 Å². The highest BCUT2D eigenvalue weighted by Crippen LogP contribution is 2.43. The molecule has 1 heterocycles. The Morgan fingerprint density at radius 1 is 1.00 bits per heavy atom. The molecule has 0 radical (unpaired) electrons. The monoisotopic (exact) mass is 427 g/mol. The molecule has 1 aliphatic carbocycles. The first-order chi connectivity index (χ1) is 14.6. The molecular formula is C24H30ClN3O2. The van der Waals surface area contributed by atoms with Crippen molar-refractivity contribution >= 4 is 23.0 Å². The van der Waals surface area contributed by atoms with Crippen molar-refractivity contribution in [1.82, 2.24) is 4.90 Å². The van der Waals surface area contributed by atoms with Gasteiger partial charge in [0.1, 0.15) is 5.69 Å². The molecule has 1 aliphatic heterocycles. The van der Waals surface area contributed by atoms with Crippen LogP contribution in [0.3, 0.4) is 0 Å². The molecule has 0 unspecified atom stereocenters. The van der Waals surface area contributed by atoms with Crippen LogP contribution >= 0.6 is 11.6 Å². The lowest BCUT2D eigenvalue weighted by atomic mass is 9.79. The molecule has 0 bridgehead atoms.